The number of hydrogen-bond donors (Lipinski definition) is 1. The molecule has 88 valence electrons. The van der Waals surface area contributed by atoms with Crippen LogP contribution in [0.5, 0.6) is 0 Å². The van der Waals surface area contributed by atoms with Crippen molar-refractivity contribution in [1.29, 1.82) is 0 Å². The second-order valence-electron chi connectivity index (χ2n) is 3.95. The van der Waals surface area contributed by atoms with Gasteiger partial charge in [-0.2, -0.15) is 0 Å². The molecule has 2 rings (SSSR count). The molecular weight excluding hydrogens is 253 g/mol. The van der Waals surface area contributed by atoms with Crippen LogP contribution in [0.25, 0.3) is 0 Å². The SMILES string of the molecule is Cc1ccc(NCc2cccc(Cl)c2)cc1Cl. The number of hydrogen-bond acceptors (Lipinski definition) is 1. The van der Waals surface area contributed by atoms with Gasteiger partial charge in [-0.3, -0.25) is 0 Å². The molecular formula is C14H13Cl2N. The van der Waals surface area contributed by atoms with E-state index in [2.05, 4.69) is 5.32 Å². The molecule has 0 aromatic heterocycles. The van der Waals surface area contributed by atoms with E-state index in [1.165, 1.54) is 0 Å². The van der Waals surface area contributed by atoms with Gasteiger partial charge in [0.15, 0.2) is 0 Å². The van der Waals surface area contributed by atoms with Crippen LogP contribution < -0.4 is 5.32 Å². The summed E-state index contributed by atoms with van der Waals surface area (Å²) in [4.78, 5) is 0. The molecule has 0 fully saturated rings. The predicted molar refractivity (Wildman–Crippen MR) is 75.0 cm³/mol. The third-order valence-electron chi connectivity index (χ3n) is 2.56. The molecule has 0 radical (unpaired) electrons. The maximum absolute atomic E-state index is 6.06. The Morgan fingerprint density at radius 2 is 1.88 bits per heavy atom. The lowest BCUT2D eigenvalue weighted by atomic mass is 10.2. The van der Waals surface area contributed by atoms with Gasteiger partial charge >= 0.3 is 0 Å². The molecule has 0 amide bonds. The van der Waals surface area contributed by atoms with Gasteiger partial charge in [-0.15, -0.1) is 0 Å². The number of rotatable bonds is 3. The van der Waals surface area contributed by atoms with E-state index in [1.54, 1.807) is 0 Å². The highest BCUT2D eigenvalue weighted by atomic mass is 35.5. The van der Waals surface area contributed by atoms with Crippen molar-refractivity contribution in [3.8, 4) is 0 Å². The van der Waals surface area contributed by atoms with Crippen LogP contribution in [0.4, 0.5) is 5.69 Å². The van der Waals surface area contributed by atoms with E-state index < -0.39 is 0 Å². The molecule has 0 aliphatic heterocycles. The van der Waals surface area contributed by atoms with Gasteiger partial charge < -0.3 is 5.32 Å². The van der Waals surface area contributed by atoms with Crippen molar-refractivity contribution in [2.24, 2.45) is 0 Å². The van der Waals surface area contributed by atoms with Crippen LogP contribution in [-0.2, 0) is 6.54 Å². The molecule has 0 unspecified atom stereocenters. The molecule has 1 N–H and O–H groups in total. The van der Waals surface area contributed by atoms with Crippen LogP contribution in [0, 0.1) is 6.92 Å². The Morgan fingerprint density at radius 3 is 2.59 bits per heavy atom. The zero-order valence-electron chi connectivity index (χ0n) is 9.50. The standard InChI is InChI=1S/C14H13Cl2N/c1-10-5-6-13(8-14(10)16)17-9-11-3-2-4-12(15)7-11/h2-8,17H,9H2,1H3. The monoisotopic (exact) mass is 265 g/mol. The molecule has 0 spiro atoms. The van der Waals surface area contributed by atoms with Crippen LogP contribution in [0.15, 0.2) is 42.5 Å². The summed E-state index contributed by atoms with van der Waals surface area (Å²) in [5.74, 6) is 0. The van der Waals surface area contributed by atoms with Gasteiger partial charge in [0.2, 0.25) is 0 Å². The fraction of sp³-hybridized carbons (Fsp3) is 0.143. The Kier molecular flexibility index (Phi) is 3.93. The van der Waals surface area contributed by atoms with Crippen LogP contribution in [-0.4, -0.2) is 0 Å². The zero-order chi connectivity index (χ0) is 12.3. The average Bonchev–Trinajstić information content (AvgIpc) is 2.31. The predicted octanol–water partition coefficient (Wildman–Crippen LogP) is 4.91. The molecule has 0 bridgehead atoms. The number of halogens is 2. The quantitative estimate of drug-likeness (QED) is 0.831. The Labute approximate surface area is 111 Å². The van der Waals surface area contributed by atoms with Crippen LogP contribution in [0.1, 0.15) is 11.1 Å². The van der Waals surface area contributed by atoms with E-state index in [1.807, 2.05) is 49.4 Å². The number of aryl methyl sites for hydroxylation is 1. The first-order chi connectivity index (χ1) is 8.15. The zero-order valence-corrected chi connectivity index (χ0v) is 11.0. The van der Waals surface area contributed by atoms with Gasteiger partial charge in [0.25, 0.3) is 0 Å². The molecule has 0 saturated heterocycles. The Bertz CT molecular complexity index is 523. The highest BCUT2D eigenvalue weighted by Crippen LogP contribution is 2.20. The maximum Gasteiger partial charge on any atom is 0.0455 e. The second kappa shape index (κ2) is 5.44. The molecule has 0 heterocycles. The average molecular weight is 266 g/mol. The van der Waals surface area contributed by atoms with Crippen molar-refractivity contribution < 1.29 is 0 Å². The third kappa shape index (κ3) is 3.39. The Hall–Kier alpha value is -1.18. The molecule has 17 heavy (non-hydrogen) atoms. The molecule has 2 aromatic carbocycles. The molecule has 3 heteroatoms. The van der Waals surface area contributed by atoms with Gasteiger partial charge in [0, 0.05) is 22.3 Å². The van der Waals surface area contributed by atoms with Crippen LogP contribution >= 0.6 is 23.2 Å². The van der Waals surface area contributed by atoms with E-state index in [-0.39, 0.29) is 0 Å². The van der Waals surface area contributed by atoms with Crippen molar-refractivity contribution in [2.75, 3.05) is 5.32 Å². The minimum Gasteiger partial charge on any atom is -0.381 e. The van der Waals surface area contributed by atoms with Crippen molar-refractivity contribution in [1.82, 2.24) is 0 Å². The normalized spacial score (nSPS) is 10.3. The van der Waals surface area contributed by atoms with Crippen molar-refractivity contribution in [2.45, 2.75) is 13.5 Å². The number of benzene rings is 2. The van der Waals surface area contributed by atoms with Crippen molar-refractivity contribution in [3.63, 3.8) is 0 Å². The van der Waals surface area contributed by atoms with E-state index in [0.717, 1.165) is 33.4 Å². The summed E-state index contributed by atoms with van der Waals surface area (Å²) in [5, 5.41) is 4.85. The molecule has 1 nitrogen and oxygen atoms in total. The van der Waals surface area contributed by atoms with Gasteiger partial charge in [-0.05, 0) is 42.3 Å². The molecule has 0 atom stereocenters. The first-order valence-electron chi connectivity index (χ1n) is 5.39. The summed E-state index contributed by atoms with van der Waals surface area (Å²) < 4.78 is 0. The van der Waals surface area contributed by atoms with Gasteiger partial charge in [0.1, 0.15) is 0 Å². The lowest BCUT2D eigenvalue weighted by Gasteiger charge is -2.08. The number of nitrogens with one attached hydrogen (secondary N) is 1. The molecule has 0 saturated carbocycles. The van der Waals surface area contributed by atoms with Crippen molar-refractivity contribution in [3.05, 3.63) is 63.6 Å². The summed E-state index contributed by atoms with van der Waals surface area (Å²) in [7, 11) is 0. The highest BCUT2D eigenvalue weighted by molar-refractivity contribution is 6.31. The topological polar surface area (TPSA) is 12.0 Å². The summed E-state index contributed by atoms with van der Waals surface area (Å²) in [5.41, 5.74) is 3.25. The summed E-state index contributed by atoms with van der Waals surface area (Å²) in [6.45, 7) is 2.73. The Balaban J connectivity index is 2.05. The highest BCUT2D eigenvalue weighted by Gasteiger charge is 1.98. The maximum atomic E-state index is 6.06. The van der Waals surface area contributed by atoms with E-state index in [4.69, 9.17) is 23.2 Å². The Morgan fingerprint density at radius 1 is 1.06 bits per heavy atom. The smallest absolute Gasteiger partial charge is 0.0455 e. The summed E-state index contributed by atoms with van der Waals surface area (Å²) in [6.07, 6.45) is 0. The van der Waals surface area contributed by atoms with Gasteiger partial charge in [-0.25, -0.2) is 0 Å². The third-order valence-corrected chi connectivity index (χ3v) is 3.20. The van der Waals surface area contributed by atoms with Crippen LogP contribution in [0.2, 0.25) is 10.0 Å². The lowest BCUT2D eigenvalue weighted by Crippen LogP contribution is -1.99. The largest absolute Gasteiger partial charge is 0.381 e. The van der Waals surface area contributed by atoms with Gasteiger partial charge in [0.05, 0.1) is 0 Å². The van der Waals surface area contributed by atoms with E-state index in [9.17, 15) is 0 Å². The molecule has 2 aromatic rings. The summed E-state index contributed by atoms with van der Waals surface area (Å²) in [6, 6.07) is 13.8. The molecule has 0 aliphatic carbocycles. The van der Waals surface area contributed by atoms with Crippen molar-refractivity contribution >= 4 is 28.9 Å². The van der Waals surface area contributed by atoms with E-state index in [0.29, 0.717) is 0 Å². The minimum absolute atomic E-state index is 0.736. The fourth-order valence-electron chi connectivity index (χ4n) is 1.55. The minimum atomic E-state index is 0.736. The number of anilines is 1. The first kappa shape index (κ1) is 12.3. The second-order valence-corrected chi connectivity index (χ2v) is 4.79. The summed E-state index contributed by atoms with van der Waals surface area (Å²) >= 11 is 12.0. The van der Waals surface area contributed by atoms with Gasteiger partial charge in [-0.1, -0.05) is 41.4 Å². The first-order valence-corrected chi connectivity index (χ1v) is 6.15. The lowest BCUT2D eigenvalue weighted by molar-refractivity contribution is 1.15. The molecule has 0 aliphatic rings. The van der Waals surface area contributed by atoms with E-state index >= 15 is 0 Å². The fourth-order valence-corrected chi connectivity index (χ4v) is 1.95. The van der Waals surface area contributed by atoms with Crippen LogP contribution in [0.3, 0.4) is 0 Å².